The summed E-state index contributed by atoms with van der Waals surface area (Å²) < 4.78 is 1.41. The van der Waals surface area contributed by atoms with Crippen LogP contribution in [0.4, 0.5) is 0 Å². The Hall–Kier alpha value is -0.710. The molecule has 0 N–H and O–H groups in total. The van der Waals surface area contributed by atoms with Gasteiger partial charge in [-0.15, -0.1) is 11.3 Å². The molecule has 90 valence electrons. The van der Waals surface area contributed by atoms with Gasteiger partial charge in [0.25, 0.3) is 0 Å². The second-order valence-corrected chi connectivity index (χ2v) is 8.00. The Balaban J connectivity index is 2.11. The Kier molecular flexibility index (Phi) is 3.50. The molecule has 0 atom stereocenters. The molecule has 0 unspecified atom stereocenters. The van der Waals surface area contributed by atoms with E-state index < -0.39 is 0 Å². The van der Waals surface area contributed by atoms with Gasteiger partial charge in [-0.3, -0.25) is 0 Å². The molecule has 0 aliphatic heterocycles. The quantitative estimate of drug-likeness (QED) is 0.514. The van der Waals surface area contributed by atoms with Gasteiger partial charge in [0.2, 0.25) is 0 Å². The number of aromatic nitrogens is 1. The maximum absolute atomic E-state index is 4.67. The third-order valence-electron chi connectivity index (χ3n) is 2.68. The lowest BCUT2D eigenvalue weighted by atomic mass is 10.1. The number of thiazole rings is 1. The van der Waals surface area contributed by atoms with Crippen molar-refractivity contribution >= 4 is 53.4 Å². The monoisotopic (exact) mass is 381 g/mol. The fourth-order valence-corrected chi connectivity index (χ4v) is 3.33. The van der Waals surface area contributed by atoms with Gasteiger partial charge in [-0.1, -0.05) is 62.2 Å². The minimum absolute atomic E-state index is 0.180. The Bertz CT molecular complexity index is 658. The summed E-state index contributed by atoms with van der Waals surface area (Å²) in [6.07, 6.45) is 0. The maximum atomic E-state index is 4.67. The van der Waals surface area contributed by atoms with Gasteiger partial charge in [0.1, 0.15) is 5.01 Å². The molecule has 0 saturated carbocycles. The van der Waals surface area contributed by atoms with E-state index in [0.29, 0.717) is 0 Å². The lowest BCUT2D eigenvalue weighted by molar-refractivity contribution is 1.40. The number of para-hydroxylation sites is 1. The van der Waals surface area contributed by atoms with Crippen LogP contribution in [-0.4, -0.2) is 4.98 Å². The van der Waals surface area contributed by atoms with Crippen molar-refractivity contribution in [1.82, 2.24) is 4.98 Å². The number of hydrogen-bond donors (Lipinski definition) is 0. The summed E-state index contributed by atoms with van der Waals surface area (Å²) in [4.78, 5) is 4.67. The molecule has 3 rings (SSSR count). The first-order valence-corrected chi connectivity index (χ1v) is 8.13. The van der Waals surface area contributed by atoms with Gasteiger partial charge >= 0.3 is 0 Å². The molecule has 0 spiro atoms. The summed E-state index contributed by atoms with van der Waals surface area (Å²) in [5.41, 5.74) is 3.43. The highest BCUT2D eigenvalue weighted by molar-refractivity contribution is 9.24. The van der Waals surface area contributed by atoms with Crippen LogP contribution in [0.15, 0.2) is 48.5 Å². The predicted octanol–water partition coefficient (Wildman–Crippen LogP) is 5.75. The second-order valence-electron chi connectivity index (χ2n) is 3.91. The lowest BCUT2D eigenvalue weighted by Gasteiger charge is -2.03. The molecular formula is C14H9Br2NS. The zero-order chi connectivity index (χ0) is 12.5. The highest BCUT2D eigenvalue weighted by Gasteiger charge is 2.08. The summed E-state index contributed by atoms with van der Waals surface area (Å²) in [6.45, 7) is 0. The topological polar surface area (TPSA) is 12.9 Å². The first-order valence-electron chi connectivity index (χ1n) is 5.48. The van der Waals surface area contributed by atoms with E-state index >= 15 is 0 Å². The predicted molar refractivity (Wildman–Crippen MR) is 85.7 cm³/mol. The Morgan fingerprint density at radius 2 is 1.83 bits per heavy atom. The van der Waals surface area contributed by atoms with Crippen molar-refractivity contribution in [2.75, 3.05) is 0 Å². The van der Waals surface area contributed by atoms with Crippen LogP contribution >= 0.6 is 43.2 Å². The SMILES string of the molecule is BrC(Br)c1cccc(-c2nc3ccccc3s2)c1. The fraction of sp³-hybridized carbons (Fsp3) is 0.0714. The summed E-state index contributed by atoms with van der Waals surface area (Å²) in [5, 5.41) is 1.07. The maximum Gasteiger partial charge on any atom is 0.124 e. The van der Waals surface area contributed by atoms with Crippen LogP contribution in [0, 0.1) is 0 Å². The molecule has 1 heterocycles. The standard InChI is InChI=1S/C14H9Br2NS/c15-13(16)9-4-3-5-10(8-9)14-17-11-6-1-2-7-12(11)18-14/h1-8,13H. The number of fused-ring (bicyclic) bond motifs is 1. The van der Waals surface area contributed by atoms with E-state index in [1.807, 2.05) is 12.1 Å². The molecule has 4 heteroatoms. The first-order chi connectivity index (χ1) is 8.74. The molecule has 0 bridgehead atoms. The van der Waals surface area contributed by atoms with Crippen LogP contribution in [0.3, 0.4) is 0 Å². The molecule has 1 aromatic heterocycles. The largest absolute Gasteiger partial charge is 0.236 e. The van der Waals surface area contributed by atoms with E-state index in [4.69, 9.17) is 0 Å². The number of benzene rings is 2. The van der Waals surface area contributed by atoms with Crippen LogP contribution < -0.4 is 0 Å². The van der Waals surface area contributed by atoms with Gasteiger partial charge < -0.3 is 0 Å². The van der Waals surface area contributed by atoms with E-state index in [0.717, 1.165) is 16.1 Å². The zero-order valence-electron chi connectivity index (χ0n) is 9.31. The summed E-state index contributed by atoms with van der Waals surface area (Å²) in [5.74, 6) is 0. The summed E-state index contributed by atoms with van der Waals surface area (Å²) in [7, 11) is 0. The molecule has 0 aliphatic rings. The minimum atomic E-state index is 0.180. The average molecular weight is 383 g/mol. The molecule has 0 radical (unpaired) electrons. The van der Waals surface area contributed by atoms with E-state index in [9.17, 15) is 0 Å². The molecule has 0 saturated heterocycles. The fourth-order valence-electron chi connectivity index (χ4n) is 1.80. The zero-order valence-corrected chi connectivity index (χ0v) is 13.3. The van der Waals surface area contributed by atoms with Crippen molar-refractivity contribution in [2.24, 2.45) is 0 Å². The van der Waals surface area contributed by atoms with Crippen LogP contribution in [0.1, 0.15) is 9.30 Å². The second kappa shape index (κ2) is 5.11. The highest BCUT2D eigenvalue weighted by Crippen LogP contribution is 2.34. The van der Waals surface area contributed by atoms with E-state index in [1.165, 1.54) is 10.3 Å². The van der Waals surface area contributed by atoms with Gasteiger partial charge in [-0.05, 0) is 23.8 Å². The van der Waals surface area contributed by atoms with Gasteiger partial charge in [0.15, 0.2) is 0 Å². The molecule has 0 fully saturated rings. The number of nitrogens with zero attached hydrogens (tertiary/aromatic N) is 1. The normalized spacial score (nSPS) is 11.3. The molecule has 3 aromatic rings. The number of alkyl halides is 2. The van der Waals surface area contributed by atoms with Crippen LogP contribution in [0.2, 0.25) is 0 Å². The third kappa shape index (κ3) is 2.37. The van der Waals surface area contributed by atoms with Crippen LogP contribution in [0.25, 0.3) is 20.8 Å². The molecule has 0 aliphatic carbocycles. The Labute approximate surface area is 126 Å². The van der Waals surface area contributed by atoms with Gasteiger partial charge in [0.05, 0.1) is 14.0 Å². The van der Waals surface area contributed by atoms with Crippen LogP contribution in [0.5, 0.6) is 0 Å². The Morgan fingerprint density at radius 1 is 1.00 bits per heavy atom. The van der Waals surface area contributed by atoms with Crippen LogP contribution in [-0.2, 0) is 0 Å². The molecule has 1 nitrogen and oxygen atoms in total. The summed E-state index contributed by atoms with van der Waals surface area (Å²) in [6, 6.07) is 16.6. The third-order valence-corrected chi connectivity index (χ3v) is 4.82. The molecule has 2 aromatic carbocycles. The molecule has 0 amide bonds. The first kappa shape index (κ1) is 12.3. The van der Waals surface area contributed by atoms with Gasteiger partial charge in [-0.25, -0.2) is 4.98 Å². The Morgan fingerprint density at radius 3 is 2.61 bits per heavy atom. The van der Waals surface area contributed by atoms with Crippen molar-refractivity contribution < 1.29 is 0 Å². The van der Waals surface area contributed by atoms with Crippen molar-refractivity contribution in [3.63, 3.8) is 0 Å². The van der Waals surface area contributed by atoms with Crippen molar-refractivity contribution in [3.8, 4) is 10.6 Å². The van der Waals surface area contributed by atoms with Gasteiger partial charge in [0, 0.05) is 5.56 Å². The van der Waals surface area contributed by atoms with Crippen molar-refractivity contribution in [2.45, 2.75) is 3.74 Å². The van der Waals surface area contributed by atoms with Gasteiger partial charge in [-0.2, -0.15) is 0 Å². The van der Waals surface area contributed by atoms with Crippen molar-refractivity contribution in [1.29, 1.82) is 0 Å². The minimum Gasteiger partial charge on any atom is -0.236 e. The number of hydrogen-bond acceptors (Lipinski definition) is 2. The number of rotatable bonds is 2. The highest BCUT2D eigenvalue weighted by atomic mass is 79.9. The average Bonchev–Trinajstić information content (AvgIpc) is 2.82. The molecule has 18 heavy (non-hydrogen) atoms. The van der Waals surface area contributed by atoms with E-state index in [2.05, 4.69) is 73.2 Å². The van der Waals surface area contributed by atoms with E-state index in [-0.39, 0.29) is 3.74 Å². The van der Waals surface area contributed by atoms with E-state index in [1.54, 1.807) is 11.3 Å². The molecular weight excluding hydrogens is 374 g/mol. The smallest absolute Gasteiger partial charge is 0.124 e. The lowest BCUT2D eigenvalue weighted by Crippen LogP contribution is -1.82. The number of halogens is 2. The van der Waals surface area contributed by atoms with Crippen molar-refractivity contribution in [3.05, 3.63) is 54.1 Å². The summed E-state index contributed by atoms with van der Waals surface area (Å²) >= 11 is 8.78.